The van der Waals surface area contributed by atoms with Crippen molar-refractivity contribution in [1.82, 2.24) is 9.80 Å². The first-order chi connectivity index (χ1) is 14.0. The zero-order valence-electron chi connectivity index (χ0n) is 17.4. The lowest BCUT2D eigenvalue weighted by atomic mass is 10.0. The standard InChI is InChI=1S/C20H32N2O.C2H2O4/c1-2-23-20-10-6-5-9-18(20)17-21-15-11-19(12-16-21)22-13-7-3-4-8-14-22;3-1(4)2(5)6/h5-6,9-10,19H,2-4,7-8,11-17H2,1H3;(H,3,4)(H,5,6). The van der Waals surface area contributed by atoms with E-state index in [0.29, 0.717) is 0 Å². The van der Waals surface area contributed by atoms with Gasteiger partial charge >= 0.3 is 11.9 Å². The molecule has 3 rings (SSSR count). The maximum absolute atomic E-state index is 9.10. The maximum Gasteiger partial charge on any atom is 0.414 e. The molecule has 2 aliphatic heterocycles. The molecule has 2 aliphatic rings. The number of rotatable bonds is 5. The largest absolute Gasteiger partial charge is 0.494 e. The minimum Gasteiger partial charge on any atom is -0.494 e. The number of ether oxygens (including phenoxy) is 1. The summed E-state index contributed by atoms with van der Waals surface area (Å²) in [4.78, 5) is 23.6. The van der Waals surface area contributed by atoms with Crippen molar-refractivity contribution in [3.05, 3.63) is 29.8 Å². The highest BCUT2D eigenvalue weighted by Crippen LogP contribution is 2.24. The van der Waals surface area contributed by atoms with Gasteiger partial charge in [-0.2, -0.15) is 0 Å². The van der Waals surface area contributed by atoms with Crippen LogP contribution in [0.25, 0.3) is 0 Å². The van der Waals surface area contributed by atoms with E-state index in [0.717, 1.165) is 24.9 Å². The smallest absolute Gasteiger partial charge is 0.414 e. The predicted octanol–water partition coefficient (Wildman–Crippen LogP) is 3.08. The zero-order chi connectivity index (χ0) is 21.1. The Morgan fingerprint density at radius 3 is 2.10 bits per heavy atom. The van der Waals surface area contributed by atoms with Gasteiger partial charge in [0.1, 0.15) is 5.75 Å². The van der Waals surface area contributed by atoms with Gasteiger partial charge in [-0.3, -0.25) is 4.90 Å². The van der Waals surface area contributed by atoms with Gasteiger partial charge in [0.2, 0.25) is 0 Å². The van der Waals surface area contributed by atoms with Crippen LogP contribution in [-0.4, -0.2) is 70.8 Å². The number of aliphatic carboxylic acids is 2. The summed E-state index contributed by atoms with van der Waals surface area (Å²) in [5.41, 5.74) is 1.34. The first-order valence-electron chi connectivity index (χ1n) is 10.6. The maximum atomic E-state index is 9.10. The first kappa shape index (κ1) is 23.2. The number of para-hydroxylation sites is 1. The van der Waals surface area contributed by atoms with Crippen LogP contribution in [0, 0.1) is 0 Å². The van der Waals surface area contributed by atoms with Crippen LogP contribution in [0.15, 0.2) is 24.3 Å². The van der Waals surface area contributed by atoms with Crippen molar-refractivity contribution in [2.75, 3.05) is 32.8 Å². The first-order valence-corrected chi connectivity index (χ1v) is 10.6. The molecule has 0 atom stereocenters. The second-order valence-corrected chi connectivity index (χ2v) is 7.61. The summed E-state index contributed by atoms with van der Waals surface area (Å²) >= 11 is 0. The Morgan fingerprint density at radius 2 is 1.55 bits per heavy atom. The van der Waals surface area contributed by atoms with Crippen molar-refractivity contribution in [3.8, 4) is 5.75 Å². The van der Waals surface area contributed by atoms with Crippen LogP contribution < -0.4 is 4.74 Å². The fourth-order valence-corrected chi connectivity index (χ4v) is 4.07. The van der Waals surface area contributed by atoms with E-state index >= 15 is 0 Å². The topological polar surface area (TPSA) is 90.3 Å². The van der Waals surface area contributed by atoms with Crippen molar-refractivity contribution in [1.29, 1.82) is 0 Å². The molecule has 2 saturated heterocycles. The molecule has 7 heteroatoms. The number of hydrogen-bond donors (Lipinski definition) is 2. The average molecular weight is 407 g/mol. The highest BCUT2D eigenvalue weighted by atomic mass is 16.5. The second-order valence-electron chi connectivity index (χ2n) is 7.61. The van der Waals surface area contributed by atoms with Crippen LogP contribution in [0.4, 0.5) is 0 Å². The minimum atomic E-state index is -1.82. The SMILES string of the molecule is CCOc1ccccc1CN1CCC(N2CCCCCC2)CC1.O=C(O)C(=O)O. The molecule has 29 heavy (non-hydrogen) atoms. The van der Waals surface area contributed by atoms with E-state index in [2.05, 4.69) is 41.0 Å². The van der Waals surface area contributed by atoms with Gasteiger partial charge in [-0.1, -0.05) is 31.0 Å². The van der Waals surface area contributed by atoms with Crippen LogP contribution in [0.3, 0.4) is 0 Å². The van der Waals surface area contributed by atoms with Crippen LogP contribution in [0.2, 0.25) is 0 Å². The van der Waals surface area contributed by atoms with Crippen molar-refractivity contribution in [3.63, 3.8) is 0 Å². The van der Waals surface area contributed by atoms with Crippen molar-refractivity contribution < 1.29 is 24.5 Å². The molecule has 7 nitrogen and oxygen atoms in total. The molecule has 0 unspecified atom stereocenters. The van der Waals surface area contributed by atoms with E-state index in [-0.39, 0.29) is 0 Å². The van der Waals surface area contributed by atoms with Crippen LogP contribution in [0.5, 0.6) is 5.75 Å². The molecule has 2 heterocycles. The predicted molar refractivity (Wildman–Crippen MR) is 111 cm³/mol. The van der Waals surface area contributed by atoms with E-state index in [1.165, 1.54) is 70.3 Å². The molecule has 0 spiro atoms. The summed E-state index contributed by atoms with van der Waals surface area (Å²) in [6.45, 7) is 8.94. The summed E-state index contributed by atoms with van der Waals surface area (Å²) in [5.74, 6) is -2.59. The highest BCUT2D eigenvalue weighted by molar-refractivity contribution is 6.27. The molecule has 0 radical (unpaired) electrons. The van der Waals surface area contributed by atoms with Gasteiger partial charge in [0.25, 0.3) is 0 Å². The molecular formula is C22H34N2O5. The highest BCUT2D eigenvalue weighted by Gasteiger charge is 2.25. The van der Waals surface area contributed by atoms with Gasteiger partial charge < -0.3 is 19.8 Å². The Balaban J connectivity index is 0.000000438. The lowest BCUT2D eigenvalue weighted by molar-refractivity contribution is -0.159. The lowest BCUT2D eigenvalue weighted by Gasteiger charge is -2.38. The normalized spacial score (nSPS) is 18.9. The third kappa shape index (κ3) is 8.03. The third-order valence-electron chi connectivity index (χ3n) is 5.56. The number of piperidine rings is 1. The molecular weight excluding hydrogens is 372 g/mol. The quantitative estimate of drug-likeness (QED) is 0.726. The molecule has 0 bridgehead atoms. The minimum absolute atomic E-state index is 0.744. The van der Waals surface area contributed by atoms with Gasteiger partial charge in [-0.15, -0.1) is 0 Å². The van der Waals surface area contributed by atoms with Gasteiger partial charge in [0.05, 0.1) is 6.61 Å². The Morgan fingerprint density at radius 1 is 0.966 bits per heavy atom. The summed E-state index contributed by atoms with van der Waals surface area (Å²) < 4.78 is 5.77. The summed E-state index contributed by atoms with van der Waals surface area (Å²) in [6.07, 6.45) is 8.34. The molecule has 162 valence electrons. The summed E-state index contributed by atoms with van der Waals surface area (Å²) in [6, 6.07) is 9.34. The number of nitrogens with zero attached hydrogens (tertiary/aromatic N) is 2. The Hall–Kier alpha value is -2.12. The fraction of sp³-hybridized carbons (Fsp3) is 0.636. The zero-order valence-corrected chi connectivity index (χ0v) is 17.4. The lowest BCUT2D eigenvalue weighted by Crippen LogP contribution is -2.45. The van der Waals surface area contributed by atoms with E-state index in [4.69, 9.17) is 24.5 Å². The number of carboxylic acids is 2. The molecule has 1 aromatic rings. The molecule has 0 aromatic heterocycles. The molecule has 1 aromatic carbocycles. The molecule has 0 amide bonds. The number of carbonyl (C=O) groups is 2. The third-order valence-corrected chi connectivity index (χ3v) is 5.56. The number of carboxylic acid groups (broad SMARTS) is 2. The molecule has 0 saturated carbocycles. The van der Waals surface area contributed by atoms with Gasteiger partial charge in [0, 0.05) is 18.2 Å². The average Bonchev–Trinajstić information content (AvgIpc) is 3.00. The monoisotopic (exact) mass is 406 g/mol. The Kier molecular flexibility index (Phi) is 9.94. The summed E-state index contributed by atoms with van der Waals surface area (Å²) in [5, 5.41) is 14.8. The molecule has 0 aliphatic carbocycles. The Labute approximate surface area is 173 Å². The van der Waals surface area contributed by atoms with Crippen molar-refractivity contribution >= 4 is 11.9 Å². The van der Waals surface area contributed by atoms with E-state index < -0.39 is 11.9 Å². The van der Waals surface area contributed by atoms with Crippen LogP contribution in [-0.2, 0) is 16.1 Å². The van der Waals surface area contributed by atoms with Crippen LogP contribution in [0.1, 0.15) is 51.0 Å². The molecule has 2 N–H and O–H groups in total. The number of hydrogen-bond acceptors (Lipinski definition) is 5. The number of benzene rings is 1. The van der Waals surface area contributed by atoms with Gasteiger partial charge in [-0.25, -0.2) is 9.59 Å². The van der Waals surface area contributed by atoms with E-state index in [9.17, 15) is 0 Å². The molecule has 2 fully saturated rings. The van der Waals surface area contributed by atoms with Crippen molar-refractivity contribution in [2.45, 2.75) is 58.0 Å². The van der Waals surface area contributed by atoms with Gasteiger partial charge in [-0.05, 0) is 64.9 Å². The summed E-state index contributed by atoms with van der Waals surface area (Å²) in [7, 11) is 0. The van der Waals surface area contributed by atoms with E-state index in [1.54, 1.807) is 0 Å². The Bertz CT molecular complexity index is 624. The second kappa shape index (κ2) is 12.4. The van der Waals surface area contributed by atoms with Crippen LogP contribution >= 0.6 is 0 Å². The fourth-order valence-electron chi connectivity index (χ4n) is 4.07. The van der Waals surface area contributed by atoms with E-state index in [1.807, 2.05) is 0 Å². The number of likely N-dealkylation sites (tertiary alicyclic amines) is 2. The van der Waals surface area contributed by atoms with Crippen molar-refractivity contribution in [2.24, 2.45) is 0 Å². The van der Waals surface area contributed by atoms with Gasteiger partial charge in [0.15, 0.2) is 0 Å².